The predicted molar refractivity (Wildman–Crippen MR) is 140 cm³/mol. The molecule has 1 heterocycles. The van der Waals surface area contributed by atoms with E-state index in [0.29, 0.717) is 16.9 Å². The van der Waals surface area contributed by atoms with Gasteiger partial charge in [-0.3, -0.25) is 14.7 Å². The molecule has 0 saturated heterocycles. The van der Waals surface area contributed by atoms with E-state index in [0.717, 1.165) is 5.56 Å². The summed E-state index contributed by atoms with van der Waals surface area (Å²) in [6.45, 7) is 1.94. The maximum atomic E-state index is 12.5. The van der Waals surface area contributed by atoms with Crippen molar-refractivity contribution in [2.24, 2.45) is 10.2 Å². The minimum Gasteiger partial charge on any atom is -0.282 e. The van der Waals surface area contributed by atoms with E-state index in [2.05, 4.69) is 20.4 Å². The molecule has 0 atom stereocenters. The average Bonchev–Trinajstić information content (AvgIpc) is 3.38. The third-order valence-electron chi connectivity index (χ3n) is 5.63. The molecular formula is C26H20N7O5S+. The maximum Gasteiger partial charge on any atom is 0.340 e. The number of nitrogens with zero attached hydrogens (tertiary/aromatic N) is 7. The zero-order chi connectivity index (χ0) is 27.6. The Morgan fingerprint density at radius 3 is 2.18 bits per heavy atom. The molecule has 0 unspecified atom stereocenters. The predicted octanol–water partition coefficient (Wildman–Crippen LogP) is 5.09. The van der Waals surface area contributed by atoms with Crippen LogP contribution >= 0.6 is 0 Å². The standard InChI is InChI=1S/C26H19N7O5S/c1-18-7-9-20(10-8-18)27-28-21-11-16-24(25(17-21)39(36,37)38)32-30-26(19-5-3-2-4-6-19)29-31(32)22-12-14-23(15-13-22)33(34)35/h2-17H,1H3/p+1. The van der Waals surface area contributed by atoms with Crippen LogP contribution in [0.3, 0.4) is 0 Å². The molecule has 0 aliphatic rings. The Hall–Kier alpha value is -5.14. The molecule has 0 bridgehead atoms. The van der Waals surface area contributed by atoms with Crippen LogP contribution in [-0.2, 0) is 10.1 Å². The first-order chi connectivity index (χ1) is 18.7. The SMILES string of the molecule is Cc1ccc(N=Nc2ccc(-[n+]3nc(-c4ccccc4)nn3-c3ccc([N+](=O)[O-])cc3)c(S(=O)(=O)O)c2)cc1. The number of aromatic nitrogens is 4. The summed E-state index contributed by atoms with van der Waals surface area (Å²) < 4.78 is 35.1. The van der Waals surface area contributed by atoms with Crippen molar-refractivity contribution in [2.75, 3.05) is 0 Å². The largest absolute Gasteiger partial charge is 0.340 e. The second kappa shape index (κ2) is 10.3. The number of nitro groups is 1. The lowest BCUT2D eigenvalue weighted by molar-refractivity contribution is -0.736. The van der Waals surface area contributed by atoms with Gasteiger partial charge in [0.15, 0.2) is 0 Å². The van der Waals surface area contributed by atoms with Crippen molar-refractivity contribution in [3.8, 4) is 22.8 Å². The van der Waals surface area contributed by atoms with Gasteiger partial charge in [0.1, 0.15) is 10.6 Å². The highest BCUT2D eigenvalue weighted by Gasteiger charge is 2.29. The number of benzene rings is 4. The molecule has 0 radical (unpaired) electrons. The van der Waals surface area contributed by atoms with Gasteiger partial charge in [-0.15, -0.1) is 0 Å². The molecular weight excluding hydrogens is 522 g/mol. The van der Waals surface area contributed by atoms with Crippen molar-refractivity contribution in [3.63, 3.8) is 0 Å². The molecule has 1 N–H and O–H groups in total. The third kappa shape index (κ3) is 5.58. The lowest BCUT2D eigenvalue weighted by atomic mass is 10.2. The summed E-state index contributed by atoms with van der Waals surface area (Å²) in [5.74, 6) is 0.248. The van der Waals surface area contributed by atoms with Gasteiger partial charge in [0.05, 0.1) is 27.0 Å². The zero-order valence-corrected chi connectivity index (χ0v) is 21.2. The normalized spacial score (nSPS) is 11.6. The molecule has 1 aromatic heterocycles. The van der Waals surface area contributed by atoms with Gasteiger partial charge in [0.25, 0.3) is 15.8 Å². The number of nitro benzene ring substituents is 1. The Bertz CT molecular complexity index is 1800. The Morgan fingerprint density at radius 1 is 0.897 bits per heavy atom. The van der Waals surface area contributed by atoms with E-state index < -0.39 is 19.9 Å². The van der Waals surface area contributed by atoms with Crippen molar-refractivity contribution < 1.29 is 22.7 Å². The van der Waals surface area contributed by atoms with Gasteiger partial charge in [0, 0.05) is 16.9 Å². The molecule has 0 fully saturated rings. The monoisotopic (exact) mass is 542 g/mol. The molecule has 194 valence electrons. The van der Waals surface area contributed by atoms with Gasteiger partial charge >= 0.3 is 5.82 Å². The summed E-state index contributed by atoms with van der Waals surface area (Å²) >= 11 is 0. The van der Waals surface area contributed by atoms with E-state index >= 15 is 0 Å². The van der Waals surface area contributed by atoms with E-state index in [1.54, 1.807) is 36.4 Å². The van der Waals surface area contributed by atoms with Gasteiger partial charge in [-0.05, 0) is 71.4 Å². The van der Waals surface area contributed by atoms with Crippen LogP contribution in [-0.4, -0.2) is 32.9 Å². The summed E-state index contributed by atoms with van der Waals surface area (Å²) in [5.41, 5.74) is 2.64. The zero-order valence-electron chi connectivity index (χ0n) is 20.4. The van der Waals surface area contributed by atoms with Gasteiger partial charge in [-0.2, -0.15) is 18.6 Å². The molecule has 0 amide bonds. The first-order valence-electron chi connectivity index (χ1n) is 11.5. The number of rotatable bonds is 7. The lowest BCUT2D eigenvalue weighted by Gasteiger charge is -2.05. The first-order valence-corrected chi connectivity index (χ1v) is 12.9. The number of non-ortho nitro benzene ring substituents is 1. The highest BCUT2D eigenvalue weighted by molar-refractivity contribution is 7.86. The summed E-state index contributed by atoms with van der Waals surface area (Å²) in [7, 11) is -4.76. The number of hydrogen-bond donors (Lipinski definition) is 1. The van der Waals surface area contributed by atoms with Crippen LogP contribution in [0.4, 0.5) is 17.1 Å². The Morgan fingerprint density at radius 2 is 1.54 bits per heavy atom. The van der Waals surface area contributed by atoms with Crippen LogP contribution in [0.25, 0.3) is 22.8 Å². The molecule has 5 rings (SSSR count). The second-order valence-electron chi connectivity index (χ2n) is 8.40. The van der Waals surface area contributed by atoms with Gasteiger partial charge in [-0.1, -0.05) is 35.9 Å². The van der Waals surface area contributed by atoms with Gasteiger partial charge < -0.3 is 0 Å². The third-order valence-corrected chi connectivity index (χ3v) is 6.52. The second-order valence-corrected chi connectivity index (χ2v) is 9.79. The van der Waals surface area contributed by atoms with Crippen molar-refractivity contribution in [3.05, 3.63) is 113 Å². The minimum atomic E-state index is -4.76. The number of aryl methyl sites for hydroxylation is 1. The van der Waals surface area contributed by atoms with Gasteiger partial charge in [-0.25, -0.2) is 0 Å². The molecule has 39 heavy (non-hydrogen) atoms. The van der Waals surface area contributed by atoms with Crippen LogP contribution in [0.5, 0.6) is 0 Å². The van der Waals surface area contributed by atoms with Gasteiger partial charge in [0.2, 0.25) is 5.69 Å². The molecule has 0 aliphatic heterocycles. The quantitative estimate of drug-likeness (QED) is 0.0986. The van der Waals surface area contributed by atoms with E-state index in [-0.39, 0.29) is 22.9 Å². The Labute approximate surface area is 222 Å². The topological polar surface area (TPSA) is 157 Å². The molecule has 0 saturated carbocycles. The summed E-state index contributed by atoms with van der Waals surface area (Å²) in [4.78, 5) is 12.6. The van der Waals surface area contributed by atoms with Crippen molar-refractivity contribution in [1.29, 1.82) is 0 Å². The maximum absolute atomic E-state index is 12.5. The molecule has 12 nitrogen and oxygen atoms in total. The van der Waals surface area contributed by atoms with Crippen LogP contribution in [0.2, 0.25) is 0 Å². The summed E-state index contributed by atoms with van der Waals surface area (Å²) in [6, 6.07) is 25.8. The van der Waals surface area contributed by atoms with Crippen molar-refractivity contribution in [2.45, 2.75) is 11.8 Å². The first kappa shape index (κ1) is 25.5. The summed E-state index contributed by atoms with van der Waals surface area (Å²) in [6.07, 6.45) is 0. The van der Waals surface area contributed by atoms with Crippen LogP contribution in [0, 0.1) is 17.0 Å². The Kier molecular flexibility index (Phi) is 6.75. The number of azo groups is 1. The fourth-order valence-corrected chi connectivity index (χ4v) is 4.36. The Balaban J connectivity index is 1.65. The van der Waals surface area contributed by atoms with Crippen molar-refractivity contribution >= 4 is 27.2 Å². The fraction of sp³-hybridized carbons (Fsp3) is 0.0385. The van der Waals surface area contributed by atoms with Crippen LogP contribution < -0.4 is 4.80 Å². The number of tetrazole rings is 1. The van der Waals surface area contributed by atoms with E-state index in [9.17, 15) is 23.1 Å². The minimum absolute atomic E-state index is 0.0279. The lowest BCUT2D eigenvalue weighted by Crippen LogP contribution is -2.44. The van der Waals surface area contributed by atoms with E-state index in [1.165, 1.54) is 52.1 Å². The molecule has 13 heteroatoms. The van der Waals surface area contributed by atoms with Crippen molar-refractivity contribution in [1.82, 2.24) is 15.0 Å². The number of hydrogen-bond acceptors (Lipinski definition) is 8. The smallest absolute Gasteiger partial charge is 0.282 e. The molecule has 0 aliphatic carbocycles. The average molecular weight is 543 g/mol. The van der Waals surface area contributed by atoms with Crippen LogP contribution in [0.1, 0.15) is 5.56 Å². The highest BCUT2D eigenvalue weighted by atomic mass is 32.2. The summed E-state index contributed by atoms with van der Waals surface area (Å²) in [5, 5.41) is 28.4. The fourth-order valence-electron chi connectivity index (χ4n) is 3.68. The highest BCUT2D eigenvalue weighted by Crippen LogP contribution is 2.26. The van der Waals surface area contributed by atoms with E-state index in [1.807, 2.05) is 25.1 Å². The van der Waals surface area contributed by atoms with E-state index in [4.69, 9.17) is 0 Å². The van der Waals surface area contributed by atoms with Crippen LogP contribution in [0.15, 0.2) is 112 Å². The molecule has 5 aromatic rings. The molecule has 0 spiro atoms. The molecule has 4 aromatic carbocycles.